The van der Waals surface area contributed by atoms with Crippen molar-refractivity contribution in [2.24, 2.45) is 5.92 Å². The molecule has 1 N–H and O–H groups in total. The van der Waals surface area contributed by atoms with Crippen LogP contribution in [0.1, 0.15) is 22.5 Å². The number of benzene rings is 1. The van der Waals surface area contributed by atoms with Gasteiger partial charge in [-0.15, -0.1) is 0 Å². The molecule has 1 aromatic heterocycles. The van der Waals surface area contributed by atoms with Crippen LogP contribution in [0.4, 0.5) is 0 Å². The Labute approximate surface area is 169 Å². The van der Waals surface area contributed by atoms with E-state index in [2.05, 4.69) is 10.2 Å². The SMILES string of the molecule is CS(=O)(=O)[AsH]c1ccccc1-c1ccc(C(=O)N[C@H]2CN3CCC2CC3)s1. The van der Waals surface area contributed by atoms with Crippen LogP contribution in [0.5, 0.6) is 0 Å². The first kappa shape index (κ1) is 19.2. The molecule has 27 heavy (non-hydrogen) atoms. The van der Waals surface area contributed by atoms with Crippen LogP contribution < -0.4 is 9.67 Å². The van der Waals surface area contributed by atoms with Crippen LogP contribution in [0.15, 0.2) is 36.4 Å². The van der Waals surface area contributed by atoms with Gasteiger partial charge in [-0.2, -0.15) is 0 Å². The van der Waals surface area contributed by atoms with Crippen LogP contribution >= 0.6 is 11.3 Å². The first-order valence-electron chi connectivity index (χ1n) is 9.09. The van der Waals surface area contributed by atoms with Gasteiger partial charge < -0.3 is 0 Å². The molecule has 2 atom stereocenters. The molecule has 144 valence electrons. The number of piperidine rings is 3. The zero-order valence-electron chi connectivity index (χ0n) is 15.1. The van der Waals surface area contributed by atoms with Crippen LogP contribution in [-0.4, -0.2) is 65.8 Å². The molecular weight excluding hydrogens is 443 g/mol. The van der Waals surface area contributed by atoms with Gasteiger partial charge in [-0.1, -0.05) is 0 Å². The van der Waals surface area contributed by atoms with E-state index in [0.717, 1.165) is 34.4 Å². The summed E-state index contributed by atoms with van der Waals surface area (Å²) in [6, 6.07) is 11.7. The Balaban J connectivity index is 1.51. The van der Waals surface area contributed by atoms with E-state index in [1.807, 2.05) is 36.4 Å². The van der Waals surface area contributed by atoms with Gasteiger partial charge >= 0.3 is 170 Å². The number of carbonyl (C=O) groups is 1. The fourth-order valence-corrected chi connectivity index (χ4v) is 9.97. The summed E-state index contributed by atoms with van der Waals surface area (Å²) in [7, 11) is -3.00. The first-order chi connectivity index (χ1) is 12.9. The molecule has 0 spiro atoms. The number of nitrogens with zero attached hydrogens (tertiary/aromatic N) is 1. The fourth-order valence-electron chi connectivity index (χ4n) is 3.96. The topological polar surface area (TPSA) is 66.5 Å². The fraction of sp³-hybridized carbons (Fsp3) is 0.421. The summed E-state index contributed by atoms with van der Waals surface area (Å²) in [4.78, 5) is 16.8. The van der Waals surface area contributed by atoms with Crippen LogP contribution in [-0.2, 0) is 8.10 Å². The molecule has 3 aliphatic rings. The molecule has 0 radical (unpaired) electrons. The molecule has 0 aliphatic carbocycles. The van der Waals surface area contributed by atoms with Crippen molar-refractivity contribution in [3.05, 3.63) is 41.3 Å². The van der Waals surface area contributed by atoms with Gasteiger partial charge in [0.05, 0.1) is 0 Å². The van der Waals surface area contributed by atoms with Crippen LogP contribution in [0.3, 0.4) is 0 Å². The van der Waals surface area contributed by atoms with E-state index < -0.39 is 22.7 Å². The zero-order valence-corrected chi connectivity index (χ0v) is 18.9. The van der Waals surface area contributed by atoms with E-state index in [0.29, 0.717) is 10.8 Å². The Morgan fingerprint density at radius 2 is 1.93 bits per heavy atom. The second-order valence-electron chi connectivity index (χ2n) is 7.30. The number of carbonyl (C=O) groups excluding carboxylic acids is 1. The molecule has 1 unspecified atom stereocenters. The van der Waals surface area contributed by atoms with Gasteiger partial charge in [0.25, 0.3) is 0 Å². The van der Waals surface area contributed by atoms with Crippen molar-refractivity contribution >= 4 is 44.3 Å². The maximum absolute atomic E-state index is 12.7. The molecule has 5 rings (SSSR count). The Bertz CT molecular complexity index is 949. The van der Waals surface area contributed by atoms with Crippen molar-refractivity contribution in [2.45, 2.75) is 18.9 Å². The summed E-state index contributed by atoms with van der Waals surface area (Å²) >= 11 is 0.174. The summed E-state index contributed by atoms with van der Waals surface area (Å²) in [5.74, 6) is 0.584. The Kier molecular flexibility index (Phi) is 5.47. The van der Waals surface area contributed by atoms with Crippen LogP contribution in [0.25, 0.3) is 10.4 Å². The normalized spacial score (nSPS) is 25.1. The standard InChI is InChI=1S/C19H23AsN2O3S2/c1-27(24,25)20-15-5-3-2-4-14(15)17-6-7-18(26-17)19(23)21-16-12-22-10-8-13(16)9-11-22/h2-7,13,16,20H,8-12H2,1H3,(H,21,23)/t16-/m0/s1. The quantitative estimate of drug-likeness (QED) is 0.674. The molecule has 3 fully saturated rings. The third-order valence-electron chi connectivity index (χ3n) is 5.29. The predicted molar refractivity (Wildman–Crippen MR) is 112 cm³/mol. The molecule has 4 heterocycles. The van der Waals surface area contributed by atoms with E-state index >= 15 is 0 Å². The Morgan fingerprint density at radius 1 is 1.19 bits per heavy atom. The second-order valence-corrected chi connectivity index (χ2v) is 17.2. The van der Waals surface area contributed by atoms with Crippen molar-refractivity contribution in [1.82, 2.24) is 10.2 Å². The van der Waals surface area contributed by atoms with Gasteiger partial charge in [0.15, 0.2) is 0 Å². The molecular formula is C19H23AsN2O3S2. The third-order valence-corrected chi connectivity index (χ3v) is 11.6. The van der Waals surface area contributed by atoms with Crippen LogP contribution in [0.2, 0.25) is 0 Å². The van der Waals surface area contributed by atoms with Gasteiger partial charge in [0, 0.05) is 0 Å². The van der Waals surface area contributed by atoms with Crippen molar-refractivity contribution < 1.29 is 13.2 Å². The third kappa shape index (κ3) is 4.48. The molecule has 5 nitrogen and oxygen atoms in total. The van der Waals surface area contributed by atoms with E-state index in [1.54, 1.807) is 0 Å². The van der Waals surface area contributed by atoms with Gasteiger partial charge in [0.1, 0.15) is 0 Å². The molecule has 1 aromatic carbocycles. The number of rotatable bonds is 5. The molecule has 3 aliphatic heterocycles. The number of hydrogen-bond acceptors (Lipinski definition) is 5. The van der Waals surface area contributed by atoms with Gasteiger partial charge in [-0.25, -0.2) is 0 Å². The van der Waals surface area contributed by atoms with Crippen molar-refractivity contribution in [3.8, 4) is 10.4 Å². The van der Waals surface area contributed by atoms with Gasteiger partial charge in [0.2, 0.25) is 0 Å². The van der Waals surface area contributed by atoms with E-state index in [4.69, 9.17) is 0 Å². The predicted octanol–water partition coefficient (Wildman–Crippen LogP) is 1.26. The Morgan fingerprint density at radius 3 is 2.59 bits per heavy atom. The summed E-state index contributed by atoms with van der Waals surface area (Å²) in [5.41, 5.74) is 0.940. The van der Waals surface area contributed by atoms with Gasteiger partial charge in [-0.05, 0) is 0 Å². The first-order valence-corrected chi connectivity index (χ1v) is 15.4. The zero-order chi connectivity index (χ0) is 19.0. The minimum atomic E-state index is -3.00. The number of fused-ring (bicyclic) bond motifs is 3. The summed E-state index contributed by atoms with van der Waals surface area (Å²) in [6.07, 6.45) is 3.64. The van der Waals surface area contributed by atoms with Crippen molar-refractivity contribution in [3.63, 3.8) is 0 Å². The number of thiophene rings is 1. The molecule has 3 saturated heterocycles. The van der Waals surface area contributed by atoms with E-state index in [-0.39, 0.29) is 11.9 Å². The molecule has 1 amide bonds. The van der Waals surface area contributed by atoms with E-state index in [9.17, 15) is 13.2 Å². The van der Waals surface area contributed by atoms with Crippen molar-refractivity contribution in [1.29, 1.82) is 0 Å². The monoisotopic (exact) mass is 466 g/mol. The molecule has 2 bridgehead atoms. The average molecular weight is 466 g/mol. The summed E-state index contributed by atoms with van der Waals surface area (Å²) in [5, 5.41) is 3.23. The molecule has 8 heteroatoms. The summed E-state index contributed by atoms with van der Waals surface area (Å²) < 4.78 is 24.4. The number of nitrogens with one attached hydrogen (secondary N) is 1. The second kappa shape index (κ2) is 7.70. The number of amides is 1. The Hall–Kier alpha value is -1.14. The molecule has 0 saturated carbocycles. The van der Waals surface area contributed by atoms with E-state index in [1.165, 1.54) is 30.4 Å². The maximum atomic E-state index is 12.7. The summed E-state index contributed by atoms with van der Waals surface area (Å²) in [6.45, 7) is 3.26. The average Bonchev–Trinajstić information content (AvgIpc) is 3.12. The van der Waals surface area contributed by atoms with Crippen molar-refractivity contribution in [2.75, 3.05) is 25.9 Å². The minimum absolute atomic E-state index is 0.0124. The molecule has 2 aromatic rings. The number of hydrogen-bond donors (Lipinski definition) is 1. The van der Waals surface area contributed by atoms with Crippen LogP contribution in [0, 0.1) is 5.92 Å². The van der Waals surface area contributed by atoms with Gasteiger partial charge in [-0.3, -0.25) is 0 Å².